The number of nitrogens with zero attached hydrogens (tertiary/aromatic N) is 1. The molecule has 2 heterocycles. The zero-order valence-corrected chi connectivity index (χ0v) is 13.2. The van der Waals surface area contributed by atoms with E-state index in [1.165, 1.54) is 18.2 Å². The lowest BCUT2D eigenvalue weighted by Crippen LogP contribution is -2.27. The summed E-state index contributed by atoms with van der Waals surface area (Å²) in [7, 11) is 1.56. The molecule has 2 aromatic rings. The first-order valence-corrected chi connectivity index (χ1v) is 7.51. The standard InChI is InChI=1S/C17H18N2O5/c1-22-12-3-4-13-11(2-5-15(18)20)8-16(21)19(14(13)9-12)10-17-23-6-7-24-17/h2-5,8-9,17H,6-7,10H2,1H3,(H2,18,20)/b5-2+. The third-order valence-electron chi connectivity index (χ3n) is 3.80. The second-order valence-corrected chi connectivity index (χ2v) is 5.34. The van der Waals surface area contributed by atoms with E-state index >= 15 is 0 Å². The van der Waals surface area contributed by atoms with Crippen molar-refractivity contribution in [1.29, 1.82) is 0 Å². The van der Waals surface area contributed by atoms with Gasteiger partial charge in [-0.3, -0.25) is 9.59 Å². The van der Waals surface area contributed by atoms with Crippen molar-refractivity contribution >= 4 is 22.9 Å². The smallest absolute Gasteiger partial charge is 0.251 e. The van der Waals surface area contributed by atoms with Gasteiger partial charge in [-0.15, -0.1) is 0 Å². The maximum atomic E-state index is 12.5. The van der Waals surface area contributed by atoms with Crippen LogP contribution in [0.5, 0.6) is 5.75 Å². The van der Waals surface area contributed by atoms with Gasteiger partial charge >= 0.3 is 0 Å². The number of amides is 1. The van der Waals surface area contributed by atoms with Crippen molar-refractivity contribution in [3.8, 4) is 5.75 Å². The van der Waals surface area contributed by atoms with Crippen LogP contribution in [0.15, 0.2) is 35.1 Å². The number of carbonyl (C=O) groups is 1. The highest BCUT2D eigenvalue weighted by Crippen LogP contribution is 2.24. The molecule has 126 valence electrons. The van der Waals surface area contributed by atoms with Crippen molar-refractivity contribution in [3.05, 3.63) is 46.3 Å². The third-order valence-corrected chi connectivity index (χ3v) is 3.80. The molecule has 1 aliphatic heterocycles. The van der Waals surface area contributed by atoms with Crippen molar-refractivity contribution in [2.45, 2.75) is 12.8 Å². The zero-order valence-electron chi connectivity index (χ0n) is 13.2. The summed E-state index contributed by atoms with van der Waals surface area (Å²) in [4.78, 5) is 23.5. The van der Waals surface area contributed by atoms with Gasteiger partial charge in [0.05, 0.1) is 32.4 Å². The molecule has 2 N–H and O–H groups in total. The highest BCUT2D eigenvalue weighted by atomic mass is 16.7. The molecule has 0 bridgehead atoms. The summed E-state index contributed by atoms with van der Waals surface area (Å²) in [6.07, 6.45) is 2.31. The largest absolute Gasteiger partial charge is 0.497 e. The summed E-state index contributed by atoms with van der Waals surface area (Å²) in [5.41, 5.74) is 6.20. The molecule has 3 rings (SSSR count). The van der Waals surface area contributed by atoms with Crippen LogP contribution < -0.4 is 16.0 Å². The van der Waals surface area contributed by atoms with E-state index in [-0.39, 0.29) is 12.1 Å². The van der Waals surface area contributed by atoms with Crippen LogP contribution in [0.1, 0.15) is 5.56 Å². The van der Waals surface area contributed by atoms with Crippen LogP contribution in [0.2, 0.25) is 0 Å². The Kier molecular flexibility index (Phi) is 4.64. The number of hydrogen-bond acceptors (Lipinski definition) is 5. The number of hydrogen-bond donors (Lipinski definition) is 1. The SMILES string of the molecule is COc1ccc2c(/C=C/C(N)=O)cc(=O)n(CC3OCCO3)c2c1. The predicted molar refractivity (Wildman–Crippen MR) is 88.7 cm³/mol. The topological polar surface area (TPSA) is 92.8 Å². The predicted octanol–water partition coefficient (Wildman–Crippen LogP) is 0.881. The zero-order chi connectivity index (χ0) is 17.1. The van der Waals surface area contributed by atoms with Crippen LogP contribution in [0.4, 0.5) is 0 Å². The fraction of sp³-hybridized carbons (Fsp3) is 0.294. The van der Waals surface area contributed by atoms with Gasteiger partial charge in [-0.1, -0.05) is 0 Å². The van der Waals surface area contributed by atoms with E-state index in [1.807, 2.05) is 6.07 Å². The van der Waals surface area contributed by atoms with Gasteiger partial charge < -0.3 is 24.5 Å². The Morgan fingerprint density at radius 1 is 1.38 bits per heavy atom. The minimum Gasteiger partial charge on any atom is -0.497 e. The molecule has 7 heteroatoms. The van der Waals surface area contributed by atoms with Gasteiger partial charge in [0, 0.05) is 23.6 Å². The molecule has 0 saturated carbocycles. The van der Waals surface area contributed by atoms with E-state index in [2.05, 4.69) is 0 Å². The second-order valence-electron chi connectivity index (χ2n) is 5.34. The van der Waals surface area contributed by atoms with Crippen LogP contribution in [0.3, 0.4) is 0 Å². The molecule has 0 atom stereocenters. The van der Waals surface area contributed by atoms with Crippen molar-refractivity contribution in [1.82, 2.24) is 4.57 Å². The van der Waals surface area contributed by atoms with Gasteiger partial charge in [-0.05, 0) is 23.8 Å². The molecule has 0 spiro atoms. The van der Waals surface area contributed by atoms with E-state index in [9.17, 15) is 9.59 Å². The number of pyridine rings is 1. The minimum atomic E-state index is -0.575. The van der Waals surface area contributed by atoms with E-state index in [0.717, 1.165) is 5.39 Å². The Hall–Kier alpha value is -2.64. The van der Waals surface area contributed by atoms with Crippen LogP contribution in [-0.2, 0) is 20.8 Å². The molecule has 1 fully saturated rings. The van der Waals surface area contributed by atoms with Crippen LogP contribution in [0, 0.1) is 0 Å². The molecule has 1 aliphatic rings. The van der Waals surface area contributed by atoms with E-state index < -0.39 is 12.2 Å². The van der Waals surface area contributed by atoms with Crippen LogP contribution in [0.25, 0.3) is 17.0 Å². The summed E-state index contributed by atoms with van der Waals surface area (Å²) in [6, 6.07) is 6.86. The summed E-state index contributed by atoms with van der Waals surface area (Å²) >= 11 is 0. The maximum absolute atomic E-state index is 12.5. The van der Waals surface area contributed by atoms with Gasteiger partial charge in [0.15, 0.2) is 6.29 Å². The molecule has 1 saturated heterocycles. The highest BCUT2D eigenvalue weighted by molar-refractivity contribution is 5.95. The number of nitrogens with two attached hydrogens (primary N) is 1. The summed E-state index contributed by atoms with van der Waals surface area (Å²) in [5.74, 6) is 0.0496. The van der Waals surface area contributed by atoms with Gasteiger partial charge in [-0.2, -0.15) is 0 Å². The monoisotopic (exact) mass is 330 g/mol. The Bertz CT molecular complexity index is 850. The van der Waals surface area contributed by atoms with Crippen molar-refractivity contribution < 1.29 is 19.0 Å². The molecule has 0 unspecified atom stereocenters. The van der Waals surface area contributed by atoms with Gasteiger partial charge in [0.1, 0.15) is 5.75 Å². The Labute approximate surface area is 138 Å². The van der Waals surface area contributed by atoms with Crippen molar-refractivity contribution in [2.24, 2.45) is 5.73 Å². The molecule has 24 heavy (non-hydrogen) atoms. The van der Waals surface area contributed by atoms with E-state index in [0.29, 0.717) is 30.0 Å². The minimum absolute atomic E-state index is 0.223. The van der Waals surface area contributed by atoms with E-state index in [4.69, 9.17) is 19.9 Å². The van der Waals surface area contributed by atoms with Crippen molar-refractivity contribution in [3.63, 3.8) is 0 Å². The van der Waals surface area contributed by atoms with Gasteiger partial charge in [-0.25, -0.2) is 0 Å². The lowest BCUT2D eigenvalue weighted by Gasteiger charge is -2.16. The first-order valence-electron chi connectivity index (χ1n) is 7.51. The molecular weight excluding hydrogens is 312 g/mol. The second kappa shape index (κ2) is 6.86. The fourth-order valence-corrected chi connectivity index (χ4v) is 2.67. The average molecular weight is 330 g/mol. The maximum Gasteiger partial charge on any atom is 0.251 e. The molecule has 7 nitrogen and oxygen atoms in total. The Morgan fingerprint density at radius 2 is 2.12 bits per heavy atom. The number of carbonyl (C=O) groups excluding carboxylic acids is 1. The number of aromatic nitrogens is 1. The highest BCUT2D eigenvalue weighted by Gasteiger charge is 2.19. The normalized spacial score (nSPS) is 15.4. The molecule has 1 aromatic heterocycles. The fourth-order valence-electron chi connectivity index (χ4n) is 2.67. The first-order chi connectivity index (χ1) is 11.6. The number of methoxy groups -OCH3 is 1. The number of ether oxygens (including phenoxy) is 3. The number of primary amides is 1. The number of fused-ring (bicyclic) bond motifs is 1. The van der Waals surface area contributed by atoms with Crippen LogP contribution in [-0.4, -0.2) is 37.1 Å². The van der Waals surface area contributed by atoms with Gasteiger partial charge in [0.2, 0.25) is 5.91 Å². The molecule has 0 radical (unpaired) electrons. The molecule has 1 amide bonds. The Morgan fingerprint density at radius 3 is 2.79 bits per heavy atom. The average Bonchev–Trinajstić information content (AvgIpc) is 3.08. The number of rotatable bonds is 5. The quantitative estimate of drug-likeness (QED) is 0.822. The summed E-state index contributed by atoms with van der Waals surface area (Å²) in [5, 5.41) is 0.797. The summed E-state index contributed by atoms with van der Waals surface area (Å²) < 4.78 is 17.7. The lowest BCUT2D eigenvalue weighted by molar-refractivity contribution is -0.113. The van der Waals surface area contributed by atoms with Crippen LogP contribution >= 0.6 is 0 Å². The number of benzene rings is 1. The molecule has 1 aromatic carbocycles. The lowest BCUT2D eigenvalue weighted by atomic mass is 10.1. The Balaban J connectivity index is 2.15. The van der Waals surface area contributed by atoms with E-state index in [1.54, 1.807) is 23.8 Å². The molecular formula is C17H18N2O5. The molecule has 0 aliphatic carbocycles. The summed E-state index contributed by atoms with van der Waals surface area (Å²) in [6.45, 7) is 1.31. The third kappa shape index (κ3) is 3.32. The first kappa shape index (κ1) is 16.2. The van der Waals surface area contributed by atoms with Gasteiger partial charge in [0.25, 0.3) is 5.56 Å². The van der Waals surface area contributed by atoms with Crippen molar-refractivity contribution in [2.75, 3.05) is 20.3 Å².